The van der Waals surface area contributed by atoms with Crippen molar-refractivity contribution >= 4 is 5.91 Å². The molecule has 0 radical (unpaired) electrons. The highest BCUT2D eigenvalue weighted by Gasteiger charge is 2.14. The summed E-state index contributed by atoms with van der Waals surface area (Å²) in [5.74, 6) is 0.00871. The highest BCUT2D eigenvalue weighted by molar-refractivity contribution is 5.77. The first kappa shape index (κ1) is 14.3. The maximum absolute atomic E-state index is 11.2. The molecule has 0 saturated heterocycles. The smallest absolute Gasteiger partial charge is 0.233 e. The van der Waals surface area contributed by atoms with E-state index in [1.165, 1.54) is 0 Å². The van der Waals surface area contributed by atoms with E-state index < -0.39 is 0 Å². The third kappa shape index (κ3) is 6.43. The molecule has 0 heterocycles. The van der Waals surface area contributed by atoms with Crippen LogP contribution in [-0.4, -0.2) is 58.0 Å². The van der Waals surface area contributed by atoms with Gasteiger partial charge in [-0.2, -0.15) is 0 Å². The van der Waals surface area contributed by atoms with Gasteiger partial charge in [0.05, 0.1) is 6.54 Å². The molecular formula is C10H22N2O3. The van der Waals surface area contributed by atoms with E-state index in [0.717, 1.165) is 13.0 Å². The minimum atomic E-state index is -0.277. The van der Waals surface area contributed by atoms with Crippen molar-refractivity contribution < 1.29 is 14.3 Å². The molecule has 0 aromatic carbocycles. The maximum Gasteiger partial charge on any atom is 0.233 e. The predicted octanol–water partition coefficient (Wildman–Crippen LogP) is 0.0633. The average molecular weight is 218 g/mol. The molecule has 0 atom stereocenters. The van der Waals surface area contributed by atoms with Crippen molar-refractivity contribution in [2.45, 2.75) is 19.6 Å². The van der Waals surface area contributed by atoms with E-state index in [9.17, 15) is 4.79 Å². The number of ether oxygens (including phenoxy) is 2. The lowest BCUT2D eigenvalue weighted by Crippen LogP contribution is -2.41. The van der Waals surface area contributed by atoms with Crippen LogP contribution < -0.4 is 5.32 Å². The van der Waals surface area contributed by atoms with Crippen LogP contribution in [0.3, 0.4) is 0 Å². The number of likely N-dealkylation sites (N-methyl/N-ethyl adjacent to an activating group) is 1. The van der Waals surface area contributed by atoms with Gasteiger partial charge in [0, 0.05) is 27.8 Å². The van der Waals surface area contributed by atoms with Gasteiger partial charge in [-0.25, -0.2) is 0 Å². The third-order valence-corrected chi connectivity index (χ3v) is 2.12. The lowest BCUT2D eigenvalue weighted by molar-refractivity contribution is -0.129. The van der Waals surface area contributed by atoms with E-state index in [-0.39, 0.29) is 12.2 Å². The molecule has 5 heteroatoms. The molecular weight excluding hydrogens is 196 g/mol. The van der Waals surface area contributed by atoms with E-state index >= 15 is 0 Å². The number of nitrogens with zero attached hydrogens (tertiary/aromatic N) is 1. The second-order valence-electron chi connectivity index (χ2n) is 3.31. The molecule has 0 aromatic heterocycles. The average Bonchev–Trinajstić information content (AvgIpc) is 2.25. The van der Waals surface area contributed by atoms with E-state index in [0.29, 0.717) is 13.1 Å². The van der Waals surface area contributed by atoms with Crippen LogP contribution in [0.25, 0.3) is 0 Å². The Bertz CT molecular complexity index is 172. The fraction of sp³-hybridized carbons (Fsp3) is 0.900. The zero-order valence-corrected chi connectivity index (χ0v) is 10.1. The molecule has 0 aromatic rings. The van der Waals surface area contributed by atoms with E-state index in [2.05, 4.69) is 12.2 Å². The summed E-state index contributed by atoms with van der Waals surface area (Å²) < 4.78 is 10.2. The SMILES string of the molecule is CCCN(CC(=O)NC)CC(OC)OC. The molecule has 1 N–H and O–H groups in total. The fourth-order valence-corrected chi connectivity index (χ4v) is 1.29. The second kappa shape index (κ2) is 8.64. The van der Waals surface area contributed by atoms with Gasteiger partial charge in [-0.1, -0.05) is 6.92 Å². The lowest BCUT2D eigenvalue weighted by Gasteiger charge is -2.24. The normalized spacial score (nSPS) is 11.1. The number of methoxy groups -OCH3 is 2. The van der Waals surface area contributed by atoms with Gasteiger partial charge < -0.3 is 14.8 Å². The van der Waals surface area contributed by atoms with Crippen LogP contribution in [0.4, 0.5) is 0 Å². The van der Waals surface area contributed by atoms with Gasteiger partial charge in [0.2, 0.25) is 5.91 Å². The minimum absolute atomic E-state index is 0.00871. The summed E-state index contributed by atoms with van der Waals surface area (Å²) in [6, 6.07) is 0. The Balaban J connectivity index is 4.07. The van der Waals surface area contributed by atoms with Gasteiger partial charge >= 0.3 is 0 Å². The molecule has 0 spiro atoms. The molecule has 0 bridgehead atoms. The van der Waals surface area contributed by atoms with Crippen LogP contribution in [0.5, 0.6) is 0 Å². The minimum Gasteiger partial charge on any atom is -0.358 e. The van der Waals surface area contributed by atoms with Crippen LogP contribution in [-0.2, 0) is 14.3 Å². The number of nitrogens with one attached hydrogen (secondary N) is 1. The van der Waals surface area contributed by atoms with E-state index in [1.807, 2.05) is 4.90 Å². The maximum atomic E-state index is 11.2. The molecule has 5 nitrogen and oxygen atoms in total. The van der Waals surface area contributed by atoms with Crippen molar-refractivity contribution in [3.05, 3.63) is 0 Å². The topological polar surface area (TPSA) is 50.8 Å². The number of carbonyl (C=O) groups excluding carboxylic acids is 1. The molecule has 90 valence electrons. The van der Waals surface area contributed by atoms with Crippen molar-refractivity contribution in [3.63, 3.8) is 0 Å². The molecule has 0 aliphatic carbocycles. The van der Waals surface area contributed by atoms with E-state index in [4.69, 9.17) is 9.47 Å². The molecule has 0 aliphatic heterocycles. The number of hydrogen-bond acceptors (Lipinski definition) is 4. The van der Waals surface area contributed by atoms with Gasteiger partial charge in [-0.05, 0) is 13.0 Å². The fourth-order valence-electron chi connectivity index (χ4n) is 1.29. The van der Waals surface area contributed by atoms with Crippen LogP contribution in [0.1, 0.15) is 13.3 Å². The van der Waals surface area contributed by atoms with Crippen LogP contribution in [0.15, 0.2) is 0 Å². The van der Waals surface area contributed by atoms with Gasteiger partial charge in [-0.15, -0.1) is 0 Å². The summed E-state index contributed by atoms with van der Waals surface area (Å²) in [5.41, 5.74) is 0. The number of rotatable bonds is 8. The molecule has 0 unspecified atom stereocenters. The first-order valence-corrected chi connectivity index (χ1v) is 5.16. The van der Waals surface area contributed by atoms with Crippen molar-refractivity contribution in [2.75, 3.05) is 40.9 Å². The largest absolute Gasteiger partial charge is 0.358 e. The van der Waals surface area contributed by atoms with Gasteiger partial charge in [-0.3, -0.25) is 9.69 Å². The second-order valence-corrected chi connectivity index (χ2v) is 3.31. The Morgan fingerprint density at radius 2 is 2.00 bits per heavy atom. The Morgan fingerprint density at radius 3 is 2.40 bits per heavy atom. The van der Waals surface area contributed by atoms with Gasteiger partial charge in [0.15, 0.2) is 6.29 Å². The van der Waals surface area contributed by atoms with Crippen LogP contribution >= 0.6 is 0 Å². The van der Waals surface area contributed by atoms with Crippen LogP contribution in [0.2, 0.25) is 0 Å². The van der Waals surface area contributed by atoms with E-state index in [1.54, 1.807) is 21.3 Å². The van der Waals surface area contributed by atoms with Gasteiger partial charge in [0.1, 0.15) is 0 Å². The van der Waals surface area contributed by atoms with Crippen molar-refractivity contribution in [2.24, 2.45) is 0 Å². The Morgan fingerprint density at radius 1 is 1.40 bits per heavy atom. The molecule has 0 aliphatic rings. The summed E-state index contributed by atoms with van der Waals surface area (Å²) in [4.78, 5) is 13.2. The zero-order valence-electron chi connectivity index (χ0n) is 10.1. The van der Waals surface area contributed by atoms with Crippen molar-refractivity contribution in [1.29, 1.82) is 0 Å². The first-order chi connectivity index (χ1) is 7.17. The highest BCUT2D eigenvalue weighted by Crippen LogP contribution is 1.98. The zero-order chi connectivity index (χ0) is 11.7. The monoisotopic (exact) mass is 218 g/mol. The standard InChI is InChI=1S/C10H22N2O3/c1-5-6-12(7-9(13)11-2)8-10(14-3)15-4/h10H,5-8H2,1-4H3,(H,11,13). The van der Waals surface area contributed by atoms with Crippen LogP contribution in [0, 0.1) is 0 Å². The number of hydrogen-bond donors (Lipinski definition) is 1. The predicted molar refractivity (Wildman–Crippen MR) is 58.6 cm³/mol. The number of carbonyl (C=O) groups is 1. The Kier molecular flexibility index (Phi) is 8.27. The summed E-state index contributed by atoms with van der Waals surface area (Å²) in [7, 11) is 4.83. The quantitative estimate of drug-likeness (QED) is 0.585. The molecule has 15 heavy (non-hydrogen) atoms. The molecule has 0 rings (SSSR count). The molecule has 0 fully saturated rings. The lowest BCUT2D eigenvalue weighted by atomic mass is 10.3. The summed E-state index contributed by atoms with van der Waals surface area (Å²) >= 11 is 0. The molecule has 1 amide bonds. The first-order valence-electron chi connectivity index (χ1n) is 5.16. The number of amides is 1. The highest BCUT2D eigenvalue weighted by atomic mass is 16.7. The summed E-state index contributed by atoms with van der Waals surface area (Å²) in [6.45, 7) is 3.92. The molecule has 0 saturated carbocycles. The third-order valence-electron chi connectivity index (χ3n) is 2.12. The Hall–Kier alpha value is -0.650. The summed E-state index contributed by atoms with van der Waals surface area (Å²) in [5, 5.41) is 2.60. The van der Waals surface area contributed by atoms with Crippen molar-refractivity contribution in [3.8, 4) is 0 Å². The van der Waals surface area contributed by atoms with Crippen molar-refractivity contribution in [1.82, 2.24) is 10.2 Å². The van der Waals surface area contributed by atoms with Gasteiger partial charge in [0.25, 0.3) is 0 Å². The Labute approximate surface area is 91.7 Å². The summed E-state index contributed by atoms with van der Waals surface area (Å²) in [6.07, 6.45) is 0.721.